The number of hydrogen-bond acceptors (Lipinski definition) is 4. The van der Waals surface area contributed by atoms with Crippen molar-refractivity contribution in [3.63, 3.8) is 0 Å². The second kappa shape index (κ2) is 6.10. The van der Waals surface area contributed by atoms with Crippen molar-refractivity contribution in [1.29, 1.82) is 0 Å². The van der Waals surface area contributed by atoms with Crippen LogP contribution < -0.4 is 15.8 Å². The van der Waals surface area contributed by atoms with Crippen molar-refractivity contribution in [3.8, 4) is 11.4 Å². The minimum Gasteiger partial charge on any atom is -0.496 e. The Balaban J connectivity index is 2.11. The van der Waals surface area contributed by atoms with Crippen LogP contribution in [0.15, 0.2) is 42.6 Å². The van der Waals surface area contributed by atoms with Crippen LogP contribution in [-0.2, 0) is 6.54 Å². The Kier molecular flexibility index (Phi) is 3.99. The van der Waals surface area contributed by atoms with Crippen LogP contribution in [0.4, 0.5) is 0 Å². The Labute approximate surface area is 133 Å². The highest BCUT2D eigenvalue weighted by atomic mass is 16.5. The molecule has 0 aliphatic carbocycles. The third-order valence-corrected chi connectivity index (χ3v) is 3.70. The van der Waals surface area contributed by atoms with Gasteiger partial charge in [-0.15, -0.1) is 0 Å². The van der Waals surface area contributed by atoms with Gasteiger partial charge in [0.05, 0.1) is 23.7 Å². The molecule has 1 amide bonds. The number of nitrogens with zero attached hydrogens (tertiary/aromatic N) is 2. The quantitative estimate of drug-likeness (QED) is 0.753. The van der Waals surface area contributed by atoms with E-state index in [-0.39, 0.29) is 0 Å². The Hall–Kier alpha value is -2.86. The first-order valence-corrected chi connectivity index (χ1v) is 7.24. The summed E-state index contributed by atoms with van der Waals surface area (Å²) in [5.41, 5.74) is 8.44. The van der Waals surface area contributed by atoms with E-state index in [0.717, 1.165) is 17.6 Å². The standard InChI is InChI=1S/C17H18N4O2/c1-19-9-11-3-5-12(6-4-11)21-10-14-15(23-2)8-7-13(17(18)22)16(14)20-21/h3-8,10,19H,9H2,1-2H3,(H2,18,22). The third kappa shape index (κ3) is 2.76. The maximum atomic E-state index is 11.6. The number of carbonyl (C=O) groups is 1. The van der Waals surface area contributed by atoms with Gasteiger partial charge in [-0.3, -0.25) is 4.79 Å². The van der Waals surface area contributed by atoms with Gasteiger partial charge in [0.15, 0.2) is 0 Å². The van der Waals surface area contributed by atoms with Crippen LogP contribution in [0, 0.1) is 0 Å². The smallest absolute Gasteiger partial charge is 0.250 e. The van der Waals surface area contributed by atoms with E-state index in [2.05, 4.69) is 10.4 Å². The molecule has 1 aromatic heterocycles. The van der Waals surface area contributed by atoms with Gasteiger partial charge in [0.1, 0.15) is 11.3 Å². The first-order chi connectivity index (χ1) is 11.1. The highest BCUT2D eigenvalue weighted by molar-refractivity contribution is 6.06. The van der Waals surface area contributed by atoms with Gasteiger partial charge in [-0.2, -0.15) is 5.10 Å². The average molecular weight is 310 g/mol. The van der Waals surface area contributed by atoms with Crippen molar-refractivity contribution in [3.05, 3.63) is 53.7 Å². The van der Waals surface area contributed by atoms with Crippen LogP contribution in [0.1, 0.15) is 15.9 Å². The van der Waals surface area contributed by atoms with Crippen molar-refractivity contribution < 1.29 is 9.53 Å². The normalized spacial score (nSPS) is 10.9. The Morgan fingerprint density at radius 1 is 1.26 bits per heavy atom. The first kappa shape index (κ1) is 15.1. The van der Waals surface area contributed by atoms with Crippen LogP contribution in [0.25, 0.3) is 16.6 Å². The second-order valence-corrected chi connectivity index (χ2v) is 5.21. The van der Waals surface area contributed by atoms with Crippen molar-refractivity contribution >= 4 is 16.8 Å². The molecule has 23 heavy (non-hydrogen) atoms. The summed E-state index contributed by atoms with van der Waals surface area (Å²) in [5, 5.41) is 8.37. The molecule has 3 aromatic rings. The minimum atomic E-state index is -0.507. The lowest BCUT2D eigenvalue weighted by atomic mass is 10.1. The van der Waals surface area contributed by atoms with Crippen molar-refractivity contribution in [2.24, 2.45) is 5.73 Å². The third-order valence-electron chi connectivity index (χ3n) is 3.70. The van der Waals surface area contributed by atoms with Gasteiger partial charge in [0.2, 0.25) is 0 Å². The largest absolute Gasteiger partial charge is 0.496 e. The number of aromatic nitrogens is 2. The summed E-state index contributed by atoms with van der Waals surface area (Å²) in [7, 11) is 3.49. The average Bonchev–Trinajstić information content (AvgIpc) is 2.99. The van der Waals surface area contributed by atoms with Gasteiger partial charge in [0, 0.05) is 12.7 Å². The maximum absolute atomic E-state index is 11.6. The molecule has 1 heterocycles. The van der Waals surface area contributed by atoms with Gasteiger partial charge in [-0.1, -0.05) is 12.1 Å². The second-order valence-electron chi connectivity index (χ2n) is 5.21. The molecule has 0 bridgehead atoms. The molecular weight excluding hydrogens is 292 g/mol. The van der Waals surface area contributed by atoms with E-state index < -0.39 is 5.91 Å². The molecule has 6 heteroatoms. The van der Waals surface area contributed by atoms with Gasteiger partial charge in [0.25, 0.3) is 5.91 Å². The molecule has 3 rings (SSSR count). The summed E-state index contributed by atoms with van der Waals surface area (Å²) < 4.78 is 7.07. The zero-order chi connectivity index (χ0) is 16.4. The van der Waals surface area contributed by atoms with E-state index in [9.17, 15) is 4.79 Å². The van der Waals surface area contributed by atoms with E-state index in [1.807, 2.05) is 37.5 Å². The molecule has 0 saturated heterocycles. The fourth-order valence-electron chi connectivity index (χ4n) is 2.56. The Bertz CT molecular complexity index is 853. The molecule has 0 spiro atoms. The number of benzene rings is 2. The molecule has 3 N–H and O–H groups in total. The summed E-state index contributed by atoms with van der Waals surface area (Å²) >= 11 is 0. The lowest BCUT2D eigenvalue weighted by Gasteiger charge is -2.03. The van der Waals surface area contributed by atoms with Gasteiger partial charge in [-0.25, -0.2) is 4.68 Å². The number of amides is 1. The molecule has 0 unspecified atom stereocenters. The molecular formula is C17H18N4O2. The summed E-state index contributed by atoms with van der Waals surface area (Å²) in [6, 6.07) is 11.4. The summed E-state index contributed by atoms with van der Waals surface area (Å²) in [5.74, 6) is 0.148. The van der Waals surface area contributed by atoms with E-state index in [0.29, 0.717) is 16.8 Å². The molecule has 0 aliphatic heterocycles. The first-order valence-electron chi connectivity index (χ1n) is 7.24. The Morgan fingerprint density at radius 3 is 2.61 bits per heavy atom. The van der Waals surface area contributed by atoms with E-state index in [1.54, 1.807) is 23.9 Å². The van der Waals surface area contributed by atoms with Crippen molar-refractivity contribution in [1.82, 2.24) is 15.1 Å². The van der Waals surface area contributed by atoms with E-state index in [1.165, 1.54) is 5.56 Å². The predicted octanol–water partition coefficient (Wildman–Crippen LogP) is 1.85. The van der Waals surface area contributed by atoms with Crippen LogP contribution in [-0.4, -0.2) is 29.8 Å². The maximum Gasteiger partial charge on any atom is 0.250 e. The van der Waals surface area contributed by atoms with Crippen LogP contribution in [0.2, 0.25) is 0 Å². The van der Waals surface area contributed by atoms with Crippen LogP contribution in [0.3, 0.4) is 0 Å². The van der Waals surface area contributed by atoms with Crippen LogP contribution in [0.5, 0.6) is 5.75 Å². The molecule has 0 saturated carbocycles. The SMILES string of the molecule is CNCc1ccc(-n2cc3c(OC)ccc(C(N)=O)c3n2)cc1. The summed E-state index contributed by atoms with van der Waals surface area (Å²) in [6.07, 6.45) is 1.84. The van der Waals surface area contributed by atoms with Gasteiger partial charge in [-0.05, 0) is 36.9 Å². The number of fused-ring (bicyclic) bond motifs is 1. The Morgan fingerprint density at radius 2 is 2.00 bits per heavy atom. The van der Waals surface area contributed by atoms with Gasteiger partial charge >= 0.3 is 0 Å². The molecule has 2 aromatic carbocycles. The highest BCUT2D eigenvalue weighted by Gasteiger charge is 2.15. The summed E-state index contributed by atoms with van der Waals surface area (Å²) in [4.78, 5) is 11.6. The van der Waals surface area contributed by atoms with Crippen molar-refractivity contribution in [2.45, 2.75) is 6.54 Å². The minimum absolute atomic E-state index is 0.381. The zero-order valence-corrected chi connectivity index (χ0v) is 13.0. The zero-order valence-electron chi connectivity index (χ0n) is 13.0. The number of ether oxygens (including phenoxy) is 1. The number of nitrogens with one attached hydrogen (secondary N) is 1. The number of hydrogen-bond donors (Lipinski definition) is 2. The fraction of sp³-hybridized carbons (Fsp3) is 0.176. The molecule has 0 aliphatic rings. The predicted molar refractivity (Wildman–Crippen MR) is 88.9 cm³/mol. The number of rotatable bonds is 5. The van der Waals surface area contributed by atoms with Crippen LogP contribution >= 0.6 is 0 Å². The van der Waals surface area contributed by atoms with E-state index in [4.69, 9.17) is 10.5 Å². The fourth-order valence-corrected chi connectivity index (χ4v) is 2.56. The molecule has 0 atom stereocenters. The van der Waals surface area contributed by atoms with E-state index >= 15 is 0 Å². The number of methoxy groups -OCH3 is 1. The topological polar surface area (TPSA) is 82.2 Å². The molecule has 6 nitrogen and oxygen atoms in total. The molecule has 0 fully saturated rings. The highest BCUT2D eigenvalue weighted by Crippen LogP contribution is 2.28. The summed E-state index contributed by atoms with van der Waals surface area (Å²) in [6.45, 7) is 0.807. The lowest BCUT2D eigenvalue weighted by molar-refractivity contribution is 0.100. The molecule has 118 valence electrons. The van der Waals surface area contributed by atoms with Gasteiger partial charge < -0.3 is 15.8 Å². The number of carbonyl (C=O) groups excluding carboxylic acids is 1. The number of primary amides is 1. The lowest BCUT2D eigenvalue weighted by Crippen LogP contribution is -2.11. The van der Waals surface area contributed by atoms with Crippen molar-refractivity contribution in [2.75, 3.05) is 14.2 Å². The monoisotopic (exact) mass is 310 g/mol. The number of nitrogens with two attached hydrogens (primary N) is 1. The molecule has 0 radical (unpaired) electrons.